The third-order valence-corrected chi connectivity index (χ3v) is 3.71. The van der Waals surface area contributed by atoms with Crippen molar-refractivity contribution < 1.29 is 4.79 Å². The Morgan fingerprint density at radius 3 is 2.79 bits per heavy atom. The molecular weight excluding hydrogens is 256 g/mol. The van der Waals surface area contributed by atoms with Gasteiger partial charge in [-0.3, -0.25) is 4.79 Å². The number of benzene rings is 1. The van der Waals surface area contributed by atoms with Crippen LogP contribution in [-0.2, 0) is 17.8 Å². The quantitative estimate of drug-likeness (QED) is 0.795. The van der Waals surface area contributed by atoms with E-state index in [9.17, 15) is 4.79 Å². The molecular formula is C15H18N2OS. The van der Waals surface area contributed by atoms with E-state index >= 15 is 0 Å². The lowest BCUT2D eigenvalue weighted by atomic mass is 10.1. The third-order valence-electron chi connectivity index (χ3n) is 2.77. The molecule has 0 saturated heterocycles. The van der Waals surface area contributed by atoms with E-state index in [1.807, 2.05) is 24.3 Å². The molecule has 0 spiro atoms. The number of hydrogen-bond acceptors (Lipinski definition) is 3. The molecule has 19 heavy (non-hydrogen) atoms. The first-order valence-corrected chi connectivity index (χ1v) is 7.22. The fraction of sp³-hybridized carbons (Fsp3) is 0.267. The van der Waals surface area contributed by atoms with Gasteiger partial charge in [0.15, 0.2) is 0 Å². The highest BCUT2D eigenvalue weighted by atomic mass is 32.1. The van der Waals surface area contributed by atoms with Crippen molar-refractivity contribution in [2.24, 2.45) is 0 Å². The zero-order valence-electron chi connectivity index (χ0n) is 11.0. The van der Waals surface area contributed by atoms with Crippen LogP contribution < -0.4 is 10.6 Å². The van der Waals surface area contributed by atoms with Gasteiger partial charge in [0.05, 0.1) is 0 Å². The molecule has 0 bridgehead atoms. The van der Waals surface area contributed by atoms with E-state index in [0.29, 0.717) is 0 Å². The lowest BCUT2D eigenvalue weighted by Crippen LogP contribution is -2.18. The van der Waals surface area contributed by atoms with Gasteiger partial charge in [0, 0.05) is 30.6 Å². The van der Waals surface area contributed by atoms with Gasteiger partial charge in [-0.1, -0.05) is 24.3 Å². The summed E-state index contributed by atoms with van der Waals surface area (Å²) < 4.78 is 0. The lowest BCUT2D eigenvalue weighted by molar-refractivity contribution is -0.114. The average Bonchev–Trinajstić information content (AvgIpc) is 2.89. The Morgan fingerprint density at radius 1 is 1.21 bits per heavy atom. The predicted octanol–water partition coefficient (Wildman–Crippen LogP) is 3.04. The van der Waals surface area contributed by atoms with Gasteiger partial charge in [0.2, 0.25) is 5.91 Å². The Balaban J connectivity index is 1.83. The monoisotopic (exact) mass is 274 g/mol. The molecule has 4 heteroatoms. The molecule has 0 aliphatic rings. The number of hydrogen-bond donors (Lipinski definition) is 2. The van der Waals surface area contributed by atoms with Gasteiger partial charge >= 0.3 is 0 Å². The van der Waals surface area contributed by atoms with Crippen molar-refractivity contribution in [1.82, 2.24) is 5.32 Å². The van der Waals surface area contributed by atoms with Crippen LogP contribution in [0.1, 0.15) is 17.4 Å². The van der Waals surface area contributed by atoms with Crippen LogP contribution in [0.25, 0.3) is 0 Å². The number of anilines is 1. The van der Waals surface area contributed by atoms with Crippen molar-refractivity contribution in [3.63, 3.8) is 0 Å². The Morgan fingerprint density at radius 2 is 2.05 bits per heavy atom. The maximum Gasteiger partial charge on any atom is 0.221 e. The van der Waals surface area contributed by atoms with Crippen LogP contribution >= 0.6 is 11.3 Å². The number of thiophene rings is 1. The van der Waals surface area contributed by atoms with Crippen LogP contribution in [0.15, 0.2) is 41.8 Å². The molecule has 0 unspecified atom stereocenters. The fourth-order valence-corrected chi connectivity index (χ4v) is 2.58. The SMILES string of the molecule is CC(=O)Nc1ccccc1CNCCc1cccs1. The van der Waals surface area contributed by atoms with E-state index in [1.54, 1.807) is 11.3 Å². The Hall–Kier alpha value is -1.65. The second kappa shape index (κ2) is 7.07. The number of carbonyl (C=O) groups is 1. The Bertz CT molecular complexity index is 523. The highest BCUT2D eigenvalue weighted by Crippen LogP contribution is 2.14. The summed E-state index contributed by atoms with van der Waals surface area (Å²) in [4.78, 5) is 12.5. The molecule has 1 heterocycles. The molecule has 3 nitrogen and oxygen atoms in total. The van der Waals surface area contributed by atoms with Crippen molar-refractivity contribution in [2.45, 2.75) is 19.9 Å². The molecule has 0 fully saturated rings. The summed E-state index contributed by atoms with van der Waals surface area (Å²) >= 11 is 1.78. The van der Waals surface area contributed by atoms with Crippen LogP contribution in [-0.4, -0.2) is 12.5 Å². The predicted molar refractivity (Wildman–Crippen MR) is 80.5 cm³/mol. The van der Waals surface area contributed by atoms with Gasteiger partial charge in [0.25, 0.3) is 0 Å². The van der Waals surface area contributed by atoms with E-state index < -0.39 is 0 Å². The van der Waals surface area contributed by atoms with Gasteiger partial charge in [-0.15, -0.1) is 11.3 Å². The van der Waals surface area contributed by atoms with Gasteiger partial charge in [-0.25, -0.2) is 0 Å². The molecule has 0 atom stereocenters. The average molecular weight is 274 g/mol. The minimum absolute atomic E-state index is 0.0361. The Labute approximate surface area is 117 Å². The molecule has 0 aliphatic heterocycles. The van der Waals surface area contributed by atoms with Crippen LogP contribution in [0.4, 0.5) is 5.69 Å². The molecule has 2 N–H and O–H groups in total. The van der Waals surface area contributed by atoms with Gasteiger partial charge in [-0.2, -0.15) is 0 Å². The first-order valence-electron chi connectivity index (χ1n) is 6.34. The number of rotatable bonds is 6. The van der Waals surface area contributed by atoms with E-state index in [4.69, 9.17) is 0 Å². The van der Waals surface area contributed by atoms with Gasteiger partial charge < -0.3 is 10.6 Å². The standard InChI is InChI=1S/C15H18N2OS/c1-12(18)17-15-7-3-2-5-13(15)11-16-9-8-14-6-4-10-19-14/h2-7,10,16H,8-9,11H2,1H3,(H,17,18). The van der Waals surface area contributed by atoms with Crippen molar-refractivity contribution >= 4 is 22.9 Å². The zero-order valence-corrected chi connectivity index (χ0v) is 11.8. The fourth-order valence-electron chi connectivity index (χ4n) is 1.88. The van der Waals surface area contributed by atoms with E-state index in [2.05, 4.69) is 28.1 Å². The van der Waals surface area contributed by atoms with Crippen molar-refractivity contribution in [2.75, 3.05) is 11.9 Å². The molecule has 1 aromatic carbocycles. The molecule has 1 aromatic heterocycles. The normalized spacial score (nSPS) is 10.4. The molecule has 0 saturated carbocycles. The first-order chi connectivity index (χ1) is 9.25. The summed E-state index contributed by atoms with van der Waals surface area (Å²) in [6, 6.07) is 12.1. The highest BCUT2D eigenvalue weighted by molar-refractivity contribution is 7.09. The number of carbonyl (C=O) groups excluding carboxylic acids is 1. The maximum atomic E-state index is 11.1. The number of nitrogens with one attached hydrogen (secondary N) is 2. The van der Waals surface area contributed by atoms with E-state index in [0.717, 1.165) is 30.8 Å². The minimum atomic E-state index is -0.0361. The highest BCUT2D eigenvalue weighted by Gasteiger charge is 2.02. The van der Waals surface area contributed by atoms with Crippen LogP contribution in [0, 0.1) is 0 Å². The summed E-state index contributed by atoms with van der Waals surface area (Å²) in [5.74, 6) is -0.0361. The second-order valence-corrected chi connectivity index (χ2v) is 5.38. The smallest absolute Gasteiger partial charge is 0.221 e. The van der Waals surface area contributed by atoms with E-state index in [1.165, 1.54) is 11.8 Å². The minimum Gasteiger partial charge on any atom is -0.326 e. The van der Waals surface area contributed by atoms with Crippen LogP contribution in [0.2, 0.25) is 0 Å². The van der Waals surface area contributed by atoms with E-state index in [-0.39, 0.29) is 5.91 Å². The van der Waals surface area contributed by atoms with Crippen molar-refractivity contribution in [3.05, 3.63) is 52.2 Å². The first kappa shape index (κ1) is 13.8. The topological polar surface area (TPSA) is 41.1 Å². The largest absolute Gasteiger partial charge is 0.326 e. The molecule has 100 valence electrons. The number of amides is 1. The number of para-hydroxylation sites is 1. The molecule has 0 aliphatic carbocycles. The Kier molecular flexibility index (Phi) is 5.12. The summed E-state index contributed by atoms with van der Waals surface area (Å²) in [6.07, 6.45) is 1.04. The van der Waals surface area contributed by atoms with Crippen LogP contribution in [0.5, 0.6) is 0 Å². The summed E-state index contributed by atoms with van der Waals surface area (Å²) in [5, 5.41) is 8.36. The second-order valence-electron chi connectivity index (χ2n) is 4.34. The lowest BCUT2D eigenvalue weighted by Gasteiger charge is -2.10. The summed E-state index contributed by atoms with van der Waals surface area (Å²) in [5.41, 5.74) is 2.00. The van der Waals surface area contributed by atoms with Crippen LogP contribution in [0.3, 0.4) is 0 Å². The zero-order chi connectivity index (χ0) is 13.5. The summed E-state index contributed by atoms with van der Waals surface area (Å²) in [6.45, 7) is 3.23. The van der Waals surface area contributed by atoms with Crippen molar-refractivity contribution in [3.8, 4) is 0 Å². The molecule has 2 aromatic rings. The third kappa shape index (κ3) is 4.50. The molecule has 0 radical (unpaired) electrons. The summed E-state index contributed by atoms with van der Waals surface area (Å²) in [7, 11) is 0. The maximum absolute atomic E-state index is 11.1. The molecule has 2 rings (SSSR count). The van der Waals surface area contributed by atoms with Gasteiger partial charge in [-0.05, 0) is 29.5 Å². The van der Waals surface area contributed by atoms with Crippen molar-refractivity contribution in [1.29, 1.82) is 0 Å². The molecule has 1 amide bonds. The van der Waals surface area contributed by atoms with Gasteiger partial charge in [0.1, 0.15) is 0 Å².